The Balaban J connectivity index is 0.000000236. The molecule has 0 radical (unpaired) electrons. The van der Waals surface area contributed by atoms with E-state index in [0.29, 0.717) is 67.4 Å². The van der Waals surface area contributed by atoms with Crippen molar-refractivity contribution < 1.29 is 47.0 Å². The summed E-state index contributed by atoms with van der Waals surface area (Å²) in [5, 5.41) is 29.1. The number of nitrogens with one attached hydrogen (secondary N) is 4. The van der Waals surface area contributed by atoms with Crippen LogP contribution in [0.1, 0.15) is 149 Å². The van der Waals surface area contributed by atoms with Gasteiger partial charge in [0.05, 0.1) is 40.5 Å². The van der Waals surface area contributed by atoms with Crippen molar-refractivity contribution in [2.24, 2.45) is 0 Å². The van der Waals surface area contributed by atoms with Gasteiger partial charge < -0.3 is 33.7 Å². The van der Waals surface area contributed by atoms with Crippen molar-refractivity contribution in [2.45, 2.75) is 120 Å². The number of carbonyl (C=O) groups is 5. The van der Waals surface area contributed by atoms with E-state index in [1.807, 2.05) is 45.0 Å². The molecule has 6 heterocycles. The third-order valence-electron chi connectivity index (χ3n) is 11.9. The van der Waals surface area contributed by atoms with E-state index >= 15 is 0 Å². The molecule has 0 fully saturated rings. The Labute approximate surface area is 482 Å². The van der Waals surface area contributed by atoms with Crippen molar-refractivity contribution in [3.8, 4) is 0 Å². The zero-order valence-electron chi connectivity index (χ0n) is 47.4. The highest BCUT2D eigenvalue weighted by atomic mass is 35.5. The number of aryl methyl sites for hydroxylation is 4. The van der Waals surface area contributed by atoms with E-state index in [4.69, 9.17) is 46.2 Å². The quantitative estimate of drug-likeness (QED) is 0.0516. The molecule has 6 aromatic heterocycles. The predicted octanol–water partition coefficient (Wildman–Crippen LogP) is 11.5. The molecular formula is C58H62Cl2N12O10. The standard InChI is InChI=1S/C30H33ClN6O5.C28H29ClN6O5/c1-8-40-18(4)22-11-19(10-20-13-21(31)14-32-26(20)22)12-25-36-37-28(41-25)27(38)33-15-23-16(2)9-24(34-17(23)3)35-29(39)42-30(5,6)7;1-14-7-22(33-27(38)40-28(4,5)6)32-15(2)21(14)13-31-25(37)26-35-34-23(39-26)10-17-8-18-11-19(29)12-30-24(18)20(9-17)16(3)36/h9-11,13-14H,4,8,12,15H2,1-3,5-7H3,(H,33,38)(H,34,35,39);7-9,11-12H,10,13H2,1-6H3,(H,31,37)(H,32,33,38). The van der Waals surface area contributed by atoms with Crippen LogP contribution in [0.5, 0.6) is 0 Å². The van der Waals surface area contributed by atoms with Crippen LogP contribution in [0.3, 0.4) is 0 Å². The molecule has 22 nitrogen and oxygen atoms in total. The Morgan fingerprint density at radius 1 is 0.598 bits per heavy atom. The Kier molecular flexibility index (Phi) is 19.0. The highest BCUT2D eigenvalue weighted by molar-refractivity contribution is 6.31. The lowest BCUT2D eigenvalue weighted by Crippen LogP contribution is -2.28. The maximum Gasteiger partial charge on any atom is 0.413 e. The third-order valence-corrected chi connectivity index (χ3v) is 12.3. The number of aromatic nitrogens is 8. The van der Waals surface area contributed by atoms with Crippen molar-refractivity contribution in [1.29, 1.82) is 0 Å². The number of ether oxygens (including phenoxy) is 3. The molecule has 0 atom stereocenters. The molecule has 0 saturated carbocycles. The molecule has 82 heavy (non-hydrogen) atoms. The Hall–Kier alpha value is -8.89. The van der Waals surface area contributed by atoms with E-state index in [-0.39, 0.29) is 55.3 Å². The largest absolute Gasteiger partial charge is 0.494 e. The molecule has 0 aliphatic heterocycles. The summed E-state index contributed by atoms with van der Waals surface area (Å²) in [6, 6.07) is 14.3. The van der Waals surface area contributed by atoms with Gasteiger partial charge in [-0.25, -0.2) is 19.6 Å². The molecule has 0 saturated heterocycles. The first-order valence-electron chi connectivity index (χ1n) is 25.8. The Morgan fingerprint density at radius 3 is 1.40 bits per heavy atom. The molecule has 0 aliphatic carbocycles. The molecule has 0 spiro atoms. The van der Waals surface area contributed by atoms with Gasteiger partial charge in [-0.2, -0.15) is 0 Å². The number of fused-ring (bicyclic) bond motifs is 2. The molecule has 24 heteroatoms. The van der Waals surface area contributed by atoms with Crippen LogP contribution in [0.15, 0.2) is 76.3 Å². The van der Waals surface area contributed by atoms with Crippen LogP contribution in [0, 0.1) is 27.7 Å². The maximum atomic E-state index is 12.8. The zero-order chi connectivity index (χ0) is 59.8. The summed E-state index contributed by atoms with van der Waals surface area (Å²) >= 11 is 12.3. The molecule has 0 aliphatic rings. The van der Waals surface area contributed by atoms with E-state index in [1.54, 1.807) is 85.9 Å². The minimum atomic E-state index is -0.633. The average molecular weight is 1160 g/mol. The number of nitrogens with zero attached hydrogens (tertiary/aromatic N) is 8. The number of benzene rings is 2. The number of hydrogen-bond acceptors (Lipinski definition) is 18. The van der Waals surface area contributed by atoms with Gasteiger partial charge in [0.2, 0.25) is 11.8 Å². The summed E-state index contributed by atoms with van der Waals surface area (Å²) in [5.74, 6) is 0.0841. The van der Waals surface area contributed by atoms with Crippen LogP contribution < -0.4 is 21.3 Å². The predicted molar refractivity (Wildman–Crippen MR) is 308 cm³/mol. The number of halogens is 2. The number of rotatable bonds is 16. The number of Topliss-reactive ketones (excluding diaryl/α,β-unsaturated/α-hetero) is 1. The van der Waals surface area contributed by atoms with Crippen LogP contribution >= 0.6 is 23.2 Å². The SMILES string of the molecule is C=C(OCC)c1cc(Cc2nnc(C(=O)NCc3c(C)cc(NC(=O)OC(C)(C)C)nc3C)o2)cc2cc(Cl)cnc12.CC(=O)c1cc(Cc2nnc(C(=O)NCc3c(C)cc(NC(=O)OC(C)(C)C)nc3C)o2)cc2cc(Cl)cnc12. The van der Waals surface area contributed by atoms with Gasteiger partial charge in [0.1, 0.15) is 28.6 Å². The molecule has 428 valence electrons. The van der Waals surface area contributed by atoms with Gasteiger partial charge >= 0.3 is 35.8 Å². The molecular weight excluding hydrogens is 1100 g/mol. The molecule has 8 rings (SSSR count). The van der Waals surface area contributed by atoms with E-state index < -0.39 is 35.2 Å². The van der Waals surface area contributed by atoms with Gasteiger partial charge in [-0.1, -0.05) is 29.8 Å². The van der Waals surface area contributed by atoms with E-state index in [2.05, 4.69) is 68.2 Å². The topological polar surface area (TPSA) is 291 Å². The number of amides is 4. The van der Waals surface area contributed by atoms with Crippen LogP contribution in [0.25, 0.3) is 27.6 Å². The highest BCUT2D eigenvalue weighted by Gasteiger charge is 2.23. The lowest BCUT2D eigenvalue weighted by atomic mass is 10.0. The average Bonchev–Trinajstić information content (AvgIpc) is 4.18. The summed E-state index contributed by atoms with van der Waals surface area (Å²) in [7, 11) is 0. The van der Waals surface area contributed by atoms with Crippen molar-refractivity contribution in [3.05, 3.63) is 157 Å². The number of hydrogen-bond donors (Lipinski definition) is 4. The van der Waals surface area contributed by atoms with Crippen LogP contribution in [-0.4, -0.2) is 87.9 Å². The summed E-state index contributed by atoms with van der Waals surface area (Å²) < 4.78 is 27.5. The van der Waals surface area contributed by atoms with E-state index in [9.17, 15) is 24.0 Å². The van der Waals surface area contributed by atoms with Gasteiger partial charge in [-0.3, -0.25) is 35.0 Å². The fourth-order valence-electron chi connectivity index (χ4n) is 8.37. The second-order valence-corrected chi connectivity index (χ2v) is 21.8. The number of ketones is 1. The summed E-state index contributed by atoms with van der Waals surface area (Å²) in [6.07, 6.45) is 2.34. The molecule has 0 unspecified atom stereocenters. The zero-order valence-corrected chi connectivity index (χ0v) is 48.9. The lowest BCUT2D eigenvalue weighted by molar-refractivity contribution is 0.0624. The van der Waals surface area contributed by atoms with Crippen LogP contribution in [0.4, 0.5) is 21.2 Å². The molecule has 4 N–H and O–H groups in total. The number of anilines is 2. The maximum absolute atomic E-state index is 12.8. The second-order valence-electron chi connectivity index (χ2n) is 20.9. The normalized spacial score (nSPS) is 11.3. The number of carbonyl (C=O) groups excluding carboxylic acids is 5. The van der Waals surface area contributed by atoms with Crippen molar-refractivity contribution >= 4 is 92.2 Å². The Morgan fingerprint density at radius 2 is 1.01 bits per heavy atom. The summed E-state index contributed by atoms with van der Waals surface area (Å²) in [5.41, 5.74) is 7.23. The molecule has 4 amide bonds. The Bertz CT molecular complexity index is 3730. The molecule has 0 bridgehead atoms. The first kappa shape index (κ1) is 60.7. The summed E-state index contributed by atoms with van der Waals surface area (Å²) in [4.78, 5) is 79.5. The lowest BCUT2D eigenvalue weighted by Gasteiger charge is -2.20. The first-order valence-corrected chi connectivity index (χ1v) is 26.5. The molecule has 8 aromatic rings. The van der Waals surface area contributed by atoms with Crippen molar-refractivity contribution in [1.82, 2.24) is 51.0 Å². The fraction of sp³-hybridized carbons (Fsp3) is 0.328. The van der Waals surface area contributed by atoms with Crippen molar-refractivity contribution in [2.75, 3.05) is 17.2 Å². The van der Waals surface area contributed by atoms with Crippen LogP contribution in [-0.2, 0) is 40.1 Å². The van der Waals surface area contributed by atoms with Gasteiger partial charge in [0, 0.05) is 58.8 Å². The smallest absolute Gasteiger partial charge is 0.413 e. The minimum Gasteiger partial charge on any atom is -0.494 e. The van der Waals surface area contributed by atoms with Gasteiger partial charge in [0.15, 0.2) is 5.78 Å². The van der Waals surface area contributed by atoms with Gasteiger partial charge in [-0.15, -0.1) is 20.4 Å². The van der Waals surface area contributed by atoms with Gasteiger partial charge in [-0.05, 0) is 165 Å². The highest BCUT2D eigenvalue weighted by Crippen LogP contribution is 2.29. The summed E-state index contributed by atoms with van der Waals surface area (Å²) in [6.45, 7) is 26.1. The first-order chi connectivity index (χ1) is 38.6. The van der Waals surface area contributed by atoms with Crippen LogP contribution in [0.2, 0.25) is 10.0 Å². The monoisotopic (exact) mass is 1160 g/mol. The molecule has 2 aromatic carbocycles. The fourth-order valence-corrected chi connectivity index (χ4v) is 8.71. The van der Waals surface area contributed by atoms with Gasteiger partial charge in [0.25, 0.3) is 0 Å². The minimum absolute atomic E-state index is 0.138. The van der Waals surface area contributed by atoms with Crippen molar-refractivity contribution in [3.63, 3.8) is 0 Å². The third kappa shape index (κ3) is 16.4. The number of pyridine rings is 4. The second kappa shape index (κ2) is 25.7. The van der Waals surface area contributed by atoms with E-state index in [1.165, 1.54) is 13.1 Å². The van der Waals surface area contributed by atoms with E-state index in [0.717, 1.165) is 44.3 Å².